The third-order valence-corrected chi connectivity index (χ3v) is 4.69. The maximum absolute atomic E-state index is 6.03. The molecule has 0 heterocycles. The Labute approximate surface area is 135 Å². The molecule has 2 nitrogen and oxygen atoms in total. The molecule has 0 spiro atoms. The first kappa shape index (κ1) is 16.1. The van der Waals surface area contributed by atoms with Crippen LogP contribution < -0.4 is 10.5 Å². The molecule has 0 saturated heterocycles. The fraction of sp³-hybridized carbons (Fsp3) is 0.333. The quantitative estimate of drug-likeness (QED) is 0.839. The van der Waals surface area contributed by atoms with Crippen LogP contribution in [0.25, 0.3) is 0 Å². The van der Waals surface area contributed by atoms with E-state index in [-0.39, 0.29) is 6.04 Å². The summed E-state index contributed by atoms with van der Waals surface area (Å²) in [4.78, 5) is 0. The second-order valence-electron chi connectivity index (χ2n) is 5.75. The van der Waals surface area contributed by atoms with Gasteiger partial charge < -0.3 is 10.5 Å². The average Bonchev–Trinajstić information content (AvgIpc) is 2.38. The van der Waals surface area contributed by atoms with Gasteiger partial charge in [0.25, 0.3) is 0 Å². The molecule has 1 atom stereocenters. The van der Waals surface area contributed by atoms with E-state index >= 15 is 0 Å². The van der Waals surface area contributed by atoms with Crippen molar-refractivity contribution in [2.75, 3.05) is 0 Å². The van der Waals surface area contributed by atoms with Crippen molar-refractivity contribution in [1.29, 1.82) is 0 Å². The van der Waals surface area contributed by atoms with E-state index in [4.69, 9.17) is 10.5 Å². The molecule has 0 aliphatic rings. The molecular weight excluding hydrogens is 326 g/mol. The molecule has 2 aromatic rings. The molecule has 1 unspecified atom stereocenters. The lowest BCUT2D eigenvalue weighted by Crippen LogP contribution is -2.17. The van der Waals surface area contributed by atoms with Crippen LogP contribution in [0.1, 0.15) is 29.2 Å². The lowest BCUT2D eigenvalue weighted by atomic mass is 10.0. The van der Waals surface area contributed by atoms with Gasteiger partial charge in [0.05, 0.1) is 0 Å². The molecule has 2 N–H and O–H groups in total. The standard InChI is InChI=1S/C18H22BrNO/c1-11-7-15(10-14(4)20)5-6-17(11)21-16-8-12(2)18(19)13(3)9-16/h5-9,14H,10,20H2,1-4H3. The highest BCUT2D eigenvalue weighted by Gasteiger charge is 2.07. The van der Waals surface area contributed by atoms with E-state index in [9.17, 15) is 0 Å². The molecule has 0 fully saturated rings. The molecule has 2 rings (SSSR count). The number of halogens is 1. The van der Waals surface area contributed by atoms with E-state index in [1.165, 1.54) is 16.7 Å². The van der Waals surface area contributed by atoms with Crippen molar-refractivity contribution in [2.24, 2.45) is 5.73 Å². The van der Waals surface area contributed by atoms with Crippen LogP contribution in [0.3, 0.4) is 0 Å². The number of hydrogen-bond donors (Lipinski definition) is 1. The van der Waals surface area contributed by atoms with Gasteiger partial charge in [-0.1, -0.05) is 28.1 Å². The second kappa shape index (κ2) is 6.63. The SMILES string of the molecule is Cc1cc(CC(C)N)ccc1Oc1cc(C)c(Br)c(C)c1. The summed E-state index contributed by atoms with van der Waals surface area (Å²) < 4.78 is 7.17. The van der Waals surface area contributed by atoms with E-state index in [1.54, 1.807) is 0 Å². The summed E-state index contributed by atoms with van der Waals surface area (Å²) in [5.41, 5.74) is 10.6. The summed E-state index contributed by atoms with van der Waals surface area (Å²) in [6.07, 6.45) is 0.887. The molecule has 2 aromatic carbocycles. The molecule has 0 saturated carbocycles. The summed E-state index contributed by atoms with van der Waals surface area (Å²) in [6.45, 7) is 8.23. The first-order chi connectivity index (χ1) is 9.86. The summed E-state index contributed by atoms with van der Waals surface area (Å²) in [5, 5.41) is 0. The van der Waals surface area contributed by atoms with Crippen molar-refractivity contribution in [3.05, 3.63) is 57.1 Å². The van der Waals surface area contributed by atoms with Gasteiger partial charge in [0.1, 0.15) is 11.5 Å². The molecule has 0 radical (unpaired) electrons. The van der Waals surface area contributed by atoms with Crippen LogP contribution in [-0.2, 0) is 6.42 Å². The number of ether oxygens (including phenoxy) is 1. The average molecular weight is 348 g/mol. The second-order valence-corrected chi connectivity index (χ2v) is 6.55. The van der Waals surface area contributed by atoms with Crippen molar-refractivity contribution in [2.45, 2.75) is 40.2 Å². The maximum Gasteiger partial charge on any atom is 0.130 e. The van der Waals surface area contributed by atoms with Gasteiger partial charge in [0.15, 0.2) is 0 Å². The van der Waals surface area contributed by atoms with Gasteiger partial charge in [0, 0.05) is 10.5 Å². The summed E-state index contributed by atoms with van der Waals surface area (Å²) in [7, 11) is 0. The van der Waals surface area contributed by atoms with E-state index in [0.717, 1.165) is 28.0 Å². The molecular formula is C18H22BrNO. The number of benzene rings is 2. The highest BCUT2D eigenvalue weighted by molar-refractivity contribution is 9.10. The maximum atomic E-state index is 6.03. The Morgan fingerprint density at radius 2 is 1.67 bits per heavy atom. The fourth-order valence-electron chi connectivity index (χ4n) is 2.42. The lowest BCUT2D eigenvalue weighted by molar-refractivity contribution is 0.477. The lowest BCUT2D eigenvalue weighted by Gasteiger charge is -2.13. The van der Waals surface area contributed by atoms with E-state index in [0.29, 0.717) is 0 Å². The number of hydrogen-bond acceptors (Lipinski definition) is 2. The zero-order valence-corrected chi connectivity index (χ0v) is 14.6. The largest absolute Gasteiger partial charge is 0.457 e. The van der Waals surface area contributed by atoms with Gasteiger partial charge in [0.2, 0.25) is 0 Å². The first-order valence-electron chi connectivity index (χ1n) is 7.16. The van der Waals surface area contributed by atoms with Gasteiger partial charge in [-0.2, -0.15) is 0 Å². The van der Waals surface area contributed by atoms with Crippen LogP contribution in [0.2, 0.25) is 0 Å². The predicted octanol–water partition coefficient (Wildman–Crippen LogP) is 5.06. The zero-order valence-electron chi connectivity index (χ0n) is 13.0. The third kappa shape index (κ3) is 4.08. The van der Waals surface area contributed by atoms with Crippen molar-refractivity contribution >= 4 is 15.9 Å². The molecule has 3 heteroatoms. The van der Waals surface area contributed by atoms with Crippen molar-refractivity contribution < 1.29 is 4.74 Å². The minimum absolute atomic E-state index is 0.174. The molecule has 0 aliphatic heterocycles. The zero-order chi connectivity index (χ0) is 15.6. The molecule has 0 aromatic heterocycles. The van der Waals surface area contributed by atoms with Gasteiger partial charge in [-0.25, -0.2) is 0 Å². The van der Waals surface area contributed by atoms with Gasteiger partial charge in [-0.3, -0.25) is 0 Å². The first-order valence-corrected chi connectivity index (χ1v) is 7.96. The summed E-state index contributed by atoms with van der Waals surface area (Å²) >= 11 is 3.58. The fourth-order valence-corrected chi connectivity index (χ4v) is 2.65. The number of aryl methyl sites for hydroxylation is 3. The Hall–Kier alpha value is -1.32. The van der Waals surface area contributed by atoms with E-state index in [1.807, 2.05) is 25.1 Å². The molecule has 112 valence electrons. The van der Waals surface area contributed by atoms with Gasteiger partial charge >= 0.3 is 0 Å². The number of rotatable bonds is 4. The highest BCUT2D eigenvalue weighted by atomic mass is 79.9. The highest BCUT2D eigenvalue weighted by Crippen LogP contribution is 2.31. The predicted molar refractivity (Wildman–Crippen MR) is 92.2 cm³/mol. The minimum Gasteiger partial charge on any atom is -0.457 e. The van der Waals surface area contributed by atoms with Crippen LogP contribution in [0.5, 0.6) is 11.5 Å². The van der Waals surface area contributed by atoms with E-state index in [2.05, 4.69) is 48.8 Å². The van der Waals surface area contributed by atoms with Gasteiger partial charge in [-0.05, 0) is 74.6 Å². The molecule has 0 amide bonds. The third-order valence-electron chi connectivity index (χ3n) is 3.43. The minimum atomic E-state index is 0.174. The topological polar surface area (TPSA) is 35.2 Å². The molecule has 21 heavy (non-hydrogen) atoms. The van der Waals surface area contributed by atoms with Crippen molar-refractivity contribution in [3.63, 3.8) is 0 Å². The Morgan fingerprint density at radius 1 is 1.05 bits per heavy atom. The van der Waals surface area contributed by atoms with Crippen molar-refractivity contribution in [3.8, 4) is 11.5 Å². The summed E-state index contributed by atoms with van der Waals surface area (Å²) in [6, 6.07) is 10.5. The van der Waals surface area contributed by atoms with Gasteiger partial charge in [-0.15, -0.1) is 0 Å². The smallest absolute Gasteiger partial charge is 0.130 e. The Morgan fingerprint density at radius 3 is 2.19 bits per heavy atom. The van der Waals surface area contributed by atoms with Crippen LogP contribution in [0.4, 0.5) is 0 Å². The van der Waals surface area contributed by atoms with Crippen LogP contribution in [0, 0.1) is 20.8 Å². The Kier molecular flexibility index (Phi) is 5.07. The van der Waals surface area contributed by atoms with Crippen LogP contribution in [0.15, 0.2) is 34.8 Å². The van der Waals surface area contributed by atoms with Crippen LogP contribution >= 0.6 is 15.9 Å². The van der Waals surface area contributed by atoms with Crippen molar-refractivity contribution in [1.82, 2.24) is 0 Å². The Bertz CT molecular complexity index is 627. The molecule has 0 aliphatic carbocycles. The summed E-state index contributed by atoms with van der Waals surface area (Å²) in [5.74, 6) is 1.76. The molecule has 0 bridgehead atoms. The monoisotopic (exact) mass is 347 g/mol. The Balaban J connectivity index is 2.24. The van der Waals surface area contributed by atoms with E-state index < -0.39 is 0 Å². The number of nitrogens with two attached hydrogens (primary N) is 1. The van der Waals surface area contributed by atoms with Crippen LogP contribution in [-0.4, -0.2) is 6.04 Å². The normalized spacial score (nSPS) is 12.3.